The molecule has 7 nitrogen and oxygen atoms in total. The van der Waals surface area contributed by atoms with E-state index in [0.29, 0.717) is 0 Å². The Hall–Kier alpha value is 2.80. The van der Waals surface area contributed by atoms with Gasteiger partial charge in [-0.2, -0.15) is 4.99 Å². The first-order valence-electron chi connectivity index (χ1n) is 5.34. The van der Waals surface area contributed by atoms with Crippen LogP contribution in [0.2, 0.25) is 0 Å². The fraction of sp³-hybridized carbons (Fsp3) is 0. The van der Waals surface area contributed by atoms with Crippen LogP contribution >= 0.6 is 27.4 Å². The van der Waals surface area contributed by atoms with Gasteiger partial charge in [0.2, 0.25) is 0 Å². The second-order valence-electron chi connectivity index (χ2n) is 4.03. The van der Waals surface area contributed by atoms with Crippen molar-refractivity contribution in [3.05, 3.63) is 30.3 Å². The summed E-state index contributed by atoms with van der Waals surface area (Å²) in [6, 6.07) is 5.27. The zero-order chi connectivity index (χ0) is 15.8. The standard InChI is InChI=1S/C11H9NO6P2S.4Na/c13-19(14,15)7-1-2-8-9(5-7)11(20(16,17)18)4-3-10(8)12-6-21;;;;/h1-5H,(H2,13,14,15)(H2,16,17,18);;;;/q;4*+1/p-4. The summed E-state index contributed by atoms with van der Waals surface area (Å²) in [5.41, 5.74) is 0.204. The predicted molar refractivity (Wildman–Crippen MR) is 73.1 cm³/mol. The van der Waals surface area contributed by atoms with Gasteiger partial charge in [0.25, 0.3) is 0 Å². The molecule has 14 heteroatoms. The molecular formula is C11H5NNa4O6P2S. The van der Waals surface area contributed by atoms with Crippen molar-refractivity contribution < 1.29 is 147 Å². The zero-order valence-electron chi connectivity index (χ0n) is 14.1. The number of hydrogen-bond acceptors (Lipinski definition) is 8. The number of rotatable bonds is 3. The maximum absolute atomic E-state index is 11.3. The molecule has 2 aromatic carbocycles. The molecule has 0 saturated carbocycles. The fourth-order valence-corrected chi connectivity index (χ4v) is 3.24. The van der Waals surface area contributed by atoms with Gasteiger partial charge in [0.15, 0.2) is 0 Å². The number of fused-ring (bicyclic) bond motifs is 1. The van der Waals surface area contributed by atoms with Crippen LogP contribution < -0.4 is 148 Å². The molecule has 110 valence electrons. The molecule has 0 N–H and O–H groups in total. The Morgan fingerprint density at radius 1 is 0.840 bits per heavy atom. The summed E-state index contributed by atoms with van der Waals surface area (Å²) >= 11 is 4.45. The summed E-state index contributed by atoms with van der Waals surface area (Å²) in [6.07, 6.45) is 0. The van der Waals surface area contributed by atoms with Gasteiger partial charge in [-0.1, -0.05) is 18.2 Å². The van der Waals surface area contributed by atoms with Crippen molar-refractivity contribution in [2.45, 2.75) is 0 Å². The van der Waals surface area contributed by atoms with Gasteiger partial charge in [0.1, 0.15) is 0 Å². The maximum atomic E-state index is 11.3. The summed E-state index contributed by atoms with van der Waals surface area (Å²) < 4.78 is 22.3. The number of aliphatic imine (C=N–C) groups is 1. The molecule has 0 saturated heterocycles. The number of thiocarbonyl (C=S) groups is 1. The van der Waals surface area contributed by atoms with Crippen molar-refractivity contribution in [1.82, 2.24) is 0 Å². The van der Waals surface area contributed by atoms with Gasteiger partial charge in [0, 0.05) is 5.39 Å². The molecule has 0 aromatic heterocycles. The van der Waals surface area contributed by atoms with Crippen molar-refractivity contribution in [2.24, 2.45) is 4.99 Å². The van der Waals surface area contributed by atoms with Crippen LogP contribution in [0.5, 0.6) is 0 Å². The van der Waals surface area contributed by atoms with Crippen molar-refractivity contribution in [1.29, 1.82) is 0 Å². The molecule has 0 aliphatic carbocycles. The second kappa shape index (κ2) is 13.2. The number of hydrogen-bond donors (Lipinski definition) is 0. The summed E-state index contributed by atoms with van der Waals surface area (Å²) in [6.45, 7) is 0. The molecule has 25 heavy (non-hydrogen) atoms. The van der Waals surface area contributed by atoms with Crippen molar-refractivity contribution >= 4 is 59.6 Å². The van der Waals surface area contributed by atoms with Gasteiger partial charge in [-0.15, -0.1) is 0 Å². The fourth-order valence-electron chi connectivity index (χ4n) is 1.86. The average Bonchev–Trinajstić information content (AvgIpc) is 2.36. The first kappa shape index (κ1) is 32.5. The Labute approximate surface area is 237 Å². The monoisotopic (exact) mass is 433 g/mol. The normalized spacial score (nSPS) is 10.2. The van der Waals surface area contributed by atoms with E-state index in [1.807, 2.05) is 0 Å². The van der Waals surface area contributed by atoms with Gasteiger partial charge in [-0.05, 0) is 55.5 Å². The van der Waals surface area contributed by atoms with E-state index in [9.17, 15) is 28.7 Å². The summed E-state index contributed by atoms with van der Waals surface area (Å²) in [5.74, 6) is 0. The molecule has 0 atom stereocenters. The molecule has 0 fully saturated rings. The van der Waals surface area contributed by atoms with E-state index in [1.165, 1.54) is 12.1 Å². The third kappa shape index (κ3) is 8.59. The minimum Gasteiger partial charge on any atom is -0.807 e. The summed E-state index contributed by atoms with van der Waals surface area (Å²) in [7, 11) is -10.2. The van der Waals surface area contributed by atoms with Crippen LogP contribution in [-0.2, 0) is 9.13 Å². The Balaban J connectivity index is -0.00000121. The molecule has 0 bridgehead atoms. The molecule has 0 aliphatic rings. The maximum Gasteiger partial charge on any atom is 1.00 e. The molecule has 0 unspecified atom stereocenters. The predicted octanol–water partition coefficient (Wildman–Crippen LogP) is -13.3. The molecule has 0 aliphatic heterocycles. The minimum atomic E-state index is -5.16. The third-order valence-corrected chi connectivity index (χ3v) is 4.71. The first-order chi connectivity index (χ1) is 9.64. The van der Waals surface area contributed by atoms with Crippen LogP contribution in [0.1, 0.15) is 0 Å². The second-order valence-corrected chi connectivity index (χ2v) is 7.20. The first-order valence-corrected chi connectivity index (χ1v) is 8.84. The van der Waals surface area contributed by atoms with Gasteiger partial charge in [-0.25, -0.2) is 0 Å². The van der Waals surface area contributed by atoms with Crippen molar-refractivity contribution in [3.63, 3.8) is 0 Å². The number of isothiocyanates is 1. The number of nitrogens with zero attached hydrogens (tertiary/aromatic N) is 1. The molecular weight excluding hydrogens is 428 g/mol. The van der Waals surface area contributed by atoms with Gasteiger partial charge < -0.3 is 28.7 Å². The van der Waals surface area contributed by atoms with E-state index in [1.54, 1.807) is 0 Å². The molecule has 0 heterocycles. The largest absolute Gasteiger partial charge is 1.00 e. The van der Waals surface area contributed by atoms with Crippen molar-refractivity contribution in [2.75, 3.05) is 0 Å². The van der Waals surface area contributed by atoms with E-state index >= 15 is 0 Å². The van der Waals surface area contributed by atoms with Gasteiger partial charge in [0.05, 0.1) is 10.8 Å². The van der Waals surface area contributed by atoms with Crippen molar-refractivity contribution in [3.8, 4) is 0 Å². The SMILES string of the molecule is O=P([O-])([O-])c1ccc2c(N=C=S)ccc(P(=O)([O-])[O-])c2c1.[Na+].[Na+].[Na+].[Na+]. The Morgan fingerprint density at radius 3 is 1.84 bits per heavy atom. The van der Waals surface area contributed by atoms with Crippen LogP contribution in [0, 0.1) is 0 Å². The number of benzene rings is 2. The summed E-state index contributed by atoms with van der Waals surface area (Å²) in [4.78, 5) is 48.3. The Morgan fingerprint density at radius 2 is 1.40 bits per heavy atom. The van der Waals surface area contributed by atoms with Crippen LogP contribution in [0.3, 0.4) is 0 Å². The third-order valence-electron chi connectivity index (χ3n) is 2.73. The minimum absolute atomic E-state index is 0. The molecule has 0 radical (unpaired) electrons. The van der Waals surface area contributed by atoms with Crippen LogP contribution in [0.25, 0.3) is 10.8 Å². The average molecular weight is 433 g/mol. The Kier molecular flexibility index (Phi) is 17.1. The zero-order valence-corrected chi connectivity index (χ0v) is 24.7. The molecule has 0 amide bonds. The van der Waals surface area contributed by atoms with Gasteiger partial charge in [-0.3, -0.25) is 0 Å². The summed E-state index contributed by atoms with van der Waals surface area (Å²) in [5, 5.41) is 0.832. The molecule has 0 spiro atoms. The smallest absolute Gasteiger partial charge is 0.807 e. The van der Waals surface area contributed by atoms with E-state index in [2.05, 4.69) is 22.4 Å². The van der Waals surface area contributed by atoms with Crippen LogP contribution in [-0.4, -0.2) is 5.16 Å². The quantitative estimate of drug-likeness (QED) is 0.203. The van der Waals surface area contributed by atoms with Crippen LogP contribution in [0.15, 0.2) is 35.3 Å². The van der Waals surface area contributed by atoms with E-state index in [0.717, 1.165) is 18.2 Å². The topological polar surface area (TPSA) is 139 Å². The molecule has 2 rings (SSSR count). The van der Waals surface area contributed by atoms with E-state index in [-0.39, 0.29) is 135 Å². The van der Waals surface area contributed by atoms with E-state index in [4.69, 9.17) is 0 Å². The van der Waals surface area contributed by atoms with Crippen LogP contribution in [0.4, 0.5) is 5.69 Å². The van der Waals surface area contributed by atoms with E-state index < -0.39 is 25.8 Å². The van der Waals surface area contributed by atoms with Gasteiger partial charge >= 0.3 is 118 Å². The Bertz CT molecular complexity index is 880. The molecule has 2 aromatic rings.